The highest BCUT2D eigenvalue weighted by molar-refractivity contribution is 6.03. The number of rotatable bonds is 10. The Kier molecular flexibility index (Phi) is 9.29. The van der Waals surface area contributed by atoms with Crippen LogP contribution in [0.2, 0.25) is 0 Å². The molecule has 1 aliphatic rings. The fraction of sp³-hybridized carbons (Fsp3) is 0.476. The number of nitrogens with two attached hydrogens (primary N) is 4. The molecule has 1 aliphatic heterocycles. The zero-order chi connectivity index (χ0) is 22.8. The summed E-state index contributed by atoms with van der Waals surface area (Å²) in [5.41, 5.74) is 22.3. The molecule has 1 fully saturated rings. The van der Waals surface area contributed by atoms with Crippen molar-refractivity contribution in [1.29, 1.82) is 0 Å². The summed E-state index contributed by atoms with van der Waals surface area (Å²) in [6.45, 7) is 10.4. The van der Waals surface area contributed by atoms with Crippen LogP contribution in [0.3, 0.4) is 0 Å². The number of amidine groups is 1. The molecule has 0 saturated carbocycles. The Hall–Kier alpha value is -3.11. The molecule has 1 aromatic rings. The van der Waals surface area contributed by atoms with Gasteiger partial charge in [-0.3, -0.25) is 4.90 Å². The summed E-state index contributed by atoms with van der Waals surface area (Å²) in [5, 5.41) is 3.97. The zero-order valence-corrected chi connectivity index (χ0v) is 18.7. The van der Waals surface area contributed by atoms with Crippen LogP contribution in [0, 0.1) is 0 Å². The number of anilines is 1. The van der Waals surface area contributed by atoms with E-state index in [0.717, 1.165) is 43.1 Å². The Morgan fingerprint density at radius 2 is 1.90 bits per heavy atom. The van der Waals surface area contributed by atoms with Crippen molar-refractivity contribution in [2.24, 2.45) is 28.1 Å². The van der Waals surface area contributed by atoms with Gasteiger partial charge in [0.25, 0.3) is 0 Å². The van der Waals surface area contributed by atoms with E-state index in [1.54, 1.807) is 6.08 Å². The molecule has 10 nitrogen and oxygen atoms in total. The lowest BCUT2D eigenvalue weighted by atomic mass is 10.1. The quantitative estimate of drug-likeness (QED) is 0.116. The summed E-state index contributed by atoms with van der Waals surface area (Å²) >= 11 is 0. The lowest BCUT2D eigenvalue weighted by Crippen LogP contribution is -2.48. The summed E-state index contributed by atoms with van der Waals surface area (Å²) < 4.78 is 11.8. The molecule has 0 amide bonds. The monoisotopic (exact) mass is 432 g/mol. The first-order chi connectivity index (χ1) is 14.9. The van der Waals surface area contributed by atoms with Gasteiger partial charge in [-0.1, -0.05) is 0 Å². The largest absolute Gasteiger partial charge is 0.490 e. The predicted octanol–water partition coefficient (Wildman–Crippen LogP) is 0.393. The number of nitrogens with one attached hydrogen (secondary N) is 1. The number of hydrazine groups is 1. The van der Waals surface area contributed by atoms with Crippen molar-refractivity contribution in [3.05, 3.63) is 41.7 Å². The van der Waals surface area contributed by atoms with Gasteiger partial charge in [0.2, 0.25) is 0 Å². The molecule has 9 N–H and O–H groups in total. The van der Waals surface area contributed by atoms with E-state index in [-0.39, 0.29) is 11.9 Å². The summed E-state index contributed by atoms with van der Waals surface area (Å²) in [6.07, 6.45) is 5.03. The molecule has 10 heteroatoms. The summed E-state index contributed by atoms with van der Waals surface area (Å²) in [7, 11) is 0. The first-order valence-corrected chi connectivity index (χ1v) is 10.5. The fourth-order valence-electron chi connectivity index (χ4n) is 3.40. The molecule has 1 saturated heterocycles. The first kappa shape index (κ1) is 24.2. The molecule has 172 valence electrons. The maximum atomic E-state index is 6.20. The summed E-state index contributed by atoms with van der Waals surface area (Å²) in [4.78, 5) is 4.55. The molecule has 0 aliphatic carbocycles. The summed E-state index contributed by atoms with van der Waals surface area (Å²) in [6, 6.07) is 3.83. The third-order valence-corrected chi connectivity index (χ3v) is 4.73. The third kappa shape index (κ3) is 6.97. The SMILES string of the molecule is CCOc1cc(/C(N)=N/NN)c(N2CCN(C/C(N)=C/C=C\N)CC2)cc1OC(C)C. The first-order valence-electron chi connectivity index (χ1n) is 10.5. The maximum Gasteiger partial charge on any atom is 0.163 e. The fourth-order valence-corrected chi connectivity index (χ4v) is 3.40. The lowest BCUT2D eigenvalue weighted by Gasteiger charge is -2.37. The topological polar surface area (TPSA) is 153 Å². The second kappa shape index (κ2) is 11.9. The van der Waals surface area contributed by atoms with Crippen LogP contribution in [0.5, 0.6) is 11.5 Å². The Bertz CT molecular complexity index is 799. The zero-order valence-electron chi connectivity index (χ0n) is 18.7. The van der Waals surface area contributed by atoms with Crippen LogP contribution in [-0.4, -0.2) is 56.2 Å². The van der Waals surface area contributed by atoms with E-state index in [2.05, 4.69) is 20.4 Å². The highest BCUT2D eigenvalue weighted by Crippen LogP contribution is 2.36. The number of piperazine rings is 1. The molecule has 0 radical (unpaired) electrons. The molecule has 0 atom stereocenters. The van der Waals surface area contributed by atoms with E-state index in [9.17, 15) is 0 Å². The van der Waals surface area contributed by atoms with Crippen molar-refractivity contribution in [1.82, 2.24) is 10.4 Å². The van der Waals surface area contributed by atoms with E-state index in [1.165, 1.54) is 6.20 Å². The van der Waals surface area contributed by atoms with Crippen LogP contribution in [0.4, 0.5) is 5.69 Å². The molecule has 0 spiro atoms. The second-order valence-corrected chi connectivity index (χ2v) is 7.43. The molecule has 31 heavy (non-hydrogen) atoms. The van der Waals surface area contributed by atoms with Crippen LogP contribution in [0.25, 0.3) is 0 Å². The lowest BCUT2D eigenvalue weighted by molar-refractivity contribution is 0.223. The van der Waals surface area contributed by atoms with Gasteiger partial charge in [0.1, 0.15) is 0 Å². The maximum absolute atomic E-state index is 6.20. The molecule has 1 aromatic carbocycles. The van der Waals surface area contributed by atoms with Crippen molar-refractivity contribution in [2.75, 3.05) is 44.2 Å². The van der Waals surface area contributed by atoms with Crippen molar-refractivity contribution >= 4 is 11.5 Å². The minimum absolute atomic E-state index is 0.00353. The second-order valence-electron chi connectivity index (χ2n) is 7.43. The van der Waals surface area contributed by atoms with Crippen molar-refractivity contribution in [3.63, 3.8) is 0 Å². The Morgan fingerprint density at radius 3 is 2.48 bits per heavy atom. The molecule has 2 rings (SSSR count). The van der Waals surface area contributed by atoms with Crippen molar-refractivity contribution in [3.8, 4) is 11.5 Å². The van der Waals surface area contributed by atoms with Crippen molar-refractivity contribution < 1.29 is 9.47 Å². The Morgan fingerprint density at radius 1 is 1.19 bits per heavy atom. The van der Waals surface area contributed by atoms with Crippen LogP contribution in [0.1, 0.15) is 26.3 Å². The van der Waals surface area contributed by atoms with Gasteiger partial charge in [0, 0.05) is 50.1 Å². The molecule has 1 heterocycles. The van der Waals surface area contributed by atoms with E-state index < -0.39 is 0 Å². The van der Waals surface area contributed by atoms with E-state index in [1.807, 2.05) is 39.0 Å². The minimum Gasteiger partial charge on any atom is -0.490 e. The van der Waals surface area contributed by atoms with Crippen LogP contribution >= 0.6 is 0 Å². The van der Waals surface area contributed by atoms with E-state index in [4.69, 9.17) is 32.5 Å². The van der Waals surface area contributed by atoms with Gasteiger partial charge in [-0.05, 0) is 45.2 Å². The number of hydrogen-bond donors (Lipinski definition) is 5. The number of allylic oxidation sites excluding steroid dienone is 2. The third-order valence-electron chi connectivity index (χ3n) is 4.73. The van der Waals surface area contributed by atoms with Gasteiger partial charge in [-0.2, -0.15) is 0 Å². The van der Waals surface area contributed by atoms with Crippen molar-refractivity contribution in [2.45, 2.75) is 26.9 Å². The van der Waals surface area contributed by atoms with Crippen LogP contribution < -0.4 is 43.0 Å². The molecular weight excluding hydrogens is 396 g/mol. The van der Waals surface area contributed by atoms with Crippen LogP contribution in [-0.2, 0) is 0 Å². The Balaban J connectivity index is 2.30. The Labute approximate surface area is 184 Å². The number of ether oxygens (including phenoxy) is 2. The standard InChI is InChI=1S/C21H36N8O2/c1-4-30-19-12-17(21(24)26-27-25)18(13-20(19)31-15(2)3)29-10-8-28(9-11-29)14-16(23)6-5-7-22/h5-7,12-13,15,27H,4,8-11,14,22-23,25H2,1-3H3,(H2,24,26)/b7-5-,16-6-. The van der Waals surface area contributed by atoms with Gasteiger partial charge < -0.3 is 31.6 Å². The highest BCUT2D eigenvalue weighted by Gasteiger charge is 2.23. The number of hydrazone groups is 1. The average Bonchev–Trinajstić information content (AvgIpc) is 2.73. The average molecular weight is 433 g/mol. The van der Waals surface area contributed by atoms with Gasteiger partial charge in [0.15, 0.2) is 17.3 Å². The molecule has 0 aromatic heterocycles. The number of nitrogens with zero attached hydrogens (tertiary/aromatic N) is 3. The molecular formula is C21H36N8O2. The predicted molar refractivity (Wildman–Crippen MR) is 126 cm³/mol. The van der Waals surface area contributed by atoms with Gasteiger partial charge in [0.05, 0.1) is 18.4 Å². The number of benzene rings is 1. The van der Waals surface area contributed by atoms with Gasteiger partial charge >= 0.3 is 0 Å². The number of hydrogen-bond acceptors (Lipinski definition) is 9. The molecule has 0 bridgehead atoms. The molecule has 0 unspecified atom stereocenters. The summed E-state index contributed by atoms with van der Waals surface area (Å²) in [5.74, 6) is 6.93. The van der Waals surface area contributed by atoms with Gasteiger partial charge in [-0.15, -0.1) is 5.10 Å². The van der Waals surface area contributed by atoms with Gasteiger partial charge in [-0.25, -0.2) is 11.4 Å². The van der Waals surface area contributed by atoms with E-state index >= 15 is 0 Å². The van der Waals surface area contributed by atoms with Crippen LogP contribution in [0.15, 0.2) is 41.3 Å². The minimum atomic E-state index is 0.00353. The highest BCUT2D eigenvalue weighted by atomic mass is 16.5. The normalized spacial score (nSPS) is 16.2. The smallest absolute Gasteiger partial charge is 0.163 e. The van der Waals surface area contributed by atoms with E-state index in [0.29, 0.717) is 24.7 Å².